The second-order valence-corrected chi connectivity index (χ2v) is 11.3. The molecule has 39 heavy (non-hydrogen) atoms. The van der Waals surface area contributed by atoms with Crippen LogP contribution in [0.2, 0.25) is 0 Å². The molecule has 6 nitrogen and oxygen atoms in total. The largest absolute Gasteiger partial charge is 0.324 e. The lowest BCUT2D eigenvalue weighted by Gasteiger charge is -2.23. The third-order valence-corrected chi connectivity index (χ3v) is 7.33. The molecule has 1 aliphatic rings. The minimum Gasteiger partial charge on any atom is -0.307 e. The molecule has 5 rings (SSSR count). The number of carbonyl (C=O) groups excluding carboxylic acids is 1. The van der Waals surface area contributed by atoms with E-state index in [-0.39, 0.29) is 11.4 Å². The number of fused-ring (bicyclic) bond motifs is 1. The van der Waals surface area contributed by atoms with Gasteiger partial charge in [0, 0.05) is 17.0 Å². The highest BCUT2D eigenvalue weighted by atomic mass is 16.2. The molecule has 0 atom stereocenters. The van der Waals surface area contributed by atoms with E-state index in [4.69, 9.17) is 0 Å². The zero-order valence-corrected chi connectivity index (χ0v) is 23.3. The van der Waals surface area contributed by atoms with Crippen molar-refractivity contribution in [3.05, 3.63) is 83.6 Å². The van der Waals surface area contributed by atoms with Crippen molar-refractivity contribution in [2.45, 2.75) is 52.4 Å². The lowest BCUT2D eigenvalue weighted by Crippen LogP contribution is -2.29. The molecule has 2 N–H and O–H groups in total. The van der Waals surface area contributed by atoms with E-state index in [0.717, 1.165) is 52.9 Å². The number of amides is 2. The summed E-state index contributed by atoms with van der Waals surface area (Å²) in [7, 11) is 0. The van der Waals surface area contributed by atoms with Crippen LogP contribution in [0, 0.1) is 18.8 Å². The molecule has 1 saturated heterocycles. The lowest BCUT2D eigenvalue weighted by molar-refractivity contribution is 0.255. The molecule has 3 aromatic carbocycles. The van der Waals surface area contributed by atoms with E-state index < -0.39 is 0 Å². The monoisotopic (exact) mass is 519 g/mol. The zero-order chi connectivity index (χ0) is 27.4. The molecule has 1 aliphatic heterocycles. The molecule has 1 fully saturated rings. The van der Waals surface area contributed by atoms with Crippen molar-refractivity contribution >= 4 is 28.3 Å². The average Bonchev–Trinajstić information content (AvgIpc) is 3.37. The molecule has 0 aliphatic carbocycles. The van der Waals surface area contributed by atoms with Gasteiger partial charge in [-0.2, -0.15) is 5.10 Å². The molecule has 0 unspecified atom stereocenters. The Morgan fingerprint density at radius 1 is 0.949 bits per heavy atom. The Morgan fingerprint density at radius 2 is 1.72 bits per heavy atom. The van der Waals surface area contributed by atoms with Crippen LogP contribution in [0.25, 0.3) is 16.5 Å². The van der Waals surface area contributed by atoms with Gasteiger partial charge in [-0.25, -0.2) is 9.48 Å². The van der Waals surface area contributed by atoms with Crippen molar-refractivity contribution in [1.29, 1.82) is 0 Å². The van der Waals surface area contributed by atoms with Crippen molar-refractivity contribution < 1.29 is 4.79 Å². The first-order valence-corrected chi connectivity index (χ1v) is 13.8. The molecule has 0 bridgehead atoms. The summed E-state index contributed by atoms with van der Waals surface area (Å²) in [4.78, 5) is 15.6. The summed E-state index contributed by atoms with van der Waals surface area (Å²) in [6.07, 6.45) is 5.54. The second kappa shape index (κ2) is 11.3. The molecule has 6 heteroatoms. The predicted molar refractivity (Wildman–Crippen MR) is 161 cm³/mol. The molecule has 2 amide bonds. The van der Waals surface area contributed by atoms with E-state index in [1.54, 1.807) is 10.9 Å². The van der Waals surface area contributed by atoms with Crippen LogP contribution in [0.5, 0.6) is 0 Å². The third-order valence-electron chi connectivity index (χ3n) is 7.33. The number of hydrogen-bond donors (Lipinski definition) is 2. The summed E-state index contributed by atoms with van der Waals surface area (Å²) < 4.78 is 1.78. The fourth-order valence-electron chi connectivity index (χ4n) is 5.05. The normalized spacial score (nSPS) is 14.1. The highest BCUT2D eigenvalue weighted by Crippen LogP contribution is 2.29. The minimum absolute atomic E-state index is 0.00567. The maximum atomic E-state index is 13.2. The summed E-state index contributed by atoms with van der Waals surface area (Å²) in [6.45, 7) is 11.7. The molecule has 200 valence electrons. The maximum Gasteiger partial charge on any atom is 0.324 e. The van der Waals surface area contributed by atoms with Crippen LogP contribution in [0.15, 0.2) is 66.9 Å². The van der Waals surface area contributed by atoms with Gasteiger partial charge in [0.2, 0.25) is 0 Å². The lowest BCUT2D eigenvalue weighted by atomic mass is 9.86. The van der Waals surface area contributed by atoms with Gasteiger partial charge in [0.15, 0.2) is 0 Å². The number of aryl methyl sites for hydroxylation is 1. The van der Waals surface area contributed by atoms with Gasteiger partial charge in [-0.3, -0.25) is 10.2 Å². The Morgan fingerprint density at radius 3 is 2.49 bits per heavy atom. The second-order valence-electron chi connectivity index (χ2n) is 11.3. The maximum absolute atomic E-state index is 13.2. The highest BCUT2D eigenvalue weighted by molar-refractivity contribution is 6.07. The molecule has 0 saturated carbocycles. The molecule has 4 aromatic rings. The van der Waals surface area contributed by atoms with Crippen LogP contribution in [0.4, 0.5) is 16.3 Å². The number of anilines is 2. The van der Waals surface area contributed by atoms with Crippen molar-refractivity contribution in [2.75, 3.05) is 30.3 Å². The quantitative estimate of drug-likeness (QED) is 0.282. The van der Waals surface area contributed by atoms with Gasteiger partial charge >= 0.3 is 6.03 Å². The SMILES string of the molecule is Cc1ccc(C(C)(C)C)cc1-n1nccc1NC(=O)Nc1ccc(C#CCN2CCCCC2)c2ccccc12. The first kappa shape index (κ1) is 26.5. The summed E-state index contributed by atoms with van der Waals surface area (Å²) in [5.74, 6) is 7.33. The number of nitrogens with one attached hydrogen (secondary N) is 2. The van der Waals surface area contributed by atoms with E-state index in [1.807, 2.05) is 36.4 Å². The van der Waals surface area contributed by atoms with E-state index in [0.29, 0.717) is 5.82 Å². The van der Waals surface area contributed by atoms with E-state index in [9.17, 15) is 4.79 Å². The van der Waals surface area contributed by atoms with Gasteiger partial charge in [-0.05, 0) is 73.0 Å². The third kappa shape index (κ3) is 6.16. The Labute approximate surface area is 231 Å². The van der Waals surface area contributed by atoms with Crippen LogP contribution in [-0.4, -0.2) is 40.3 Å². The van der Waals surface area contributed by atoms with Gasteiger partial charge in [-0.15, -0.1) is 0 Å². The molecular weight excluding hydrogens is 482 g/mol. The van der Waals surface area contributed by atoms with Gasteiger partial charge in [0.25, 0.3) is 0 Å². The summed E-state index contributed by atoms with van der Waals surface area (Å²) >= 11 is 0. The molecular formula is C33H37N5O. The number of nitrogens with zero attached hydrogens (tertiary/aromatic N) is 3. The van der Waals surface area contributed by atoms with Gasteiger partial charge in [-0.1, -0.05) is 75.4 Å². The Bertz CT molecular complexity index is 1540. The number of urea groups is 1. The smallest absolute Gasteiger partial charge is 0.307 e. The van der Waals surface area contributed by atoms with Crippen molar-refractivity contribution in [3.63, 3.8) is 0 Å². The van der Waals surface area contributed by atoms with Gasteiger partial charge in [0.05, 0.1) is 24.1 Å². The molecule has 2 heterocycles. The van der Waals surface area contributed by atoms with Crippen molar-refractivity contribution in [1.82, 2.24) is 14.7 Å². The summed E-state index contributed by atoms with van der Waals surface area (Å²) in [5, 5.41) is 12.5. The van der Waals surface area contributed by atoms with E-state index >= 15 is 0 Å². The molecule has 1 aromatic heterocycles. The van der Waals surface area contributed by atoms with Crippen LogP contribution in [0.1, 0.15) is 56.7 Å². The van der Waals surface area contributed by atoms with Crippen LogP contribution in [-0.2, 0) is 5.41 Å². The number of benzene rings is 3. The van der Waals surface area contributed by atoms with Crippen molar-refractivity contribution in [2.24, 2.45) is 0 Å². The average molecular weight is 520 g/mol. The summed E-state index contributed by atoms with van der Waals surface area (Å²) in [5.41, 5.74) is 4.95. The number of piperidine rings is 1. The summed E-state index contributed by atoms with van der Waals surface area (Å²) in [6, 6.07) is 19.9. The zero-order valence-electron chi connectivity index (χ0n) is 23.3. The number of hydrogen-bond acceptors (Lipinski definition) is 3. The standard InChI is InChI=1S/C33H37N5O/c1-24-14-16-26(33(2,3)4)23-30(24)38-31(18-19-34-38)36-32(39)35-29-17-15-25(27-12-6-7-13-28(27)29)11-10-22-37-20-8-5-9-21-37/h6-7,12-19,23H,5,8-9,20-22H2,1-4H3,(H2,35,36,39). The number of carbonyl (C=O) groups is 1. The highest BCUT2D eigenvalue weighted by Gasteiger charge is 2.18. The minimum atomic E-state index is -0.324. The Kier molecular flexibility index (Phi) is 7.72. The fourth-order valence-corrected chi connectivity index (χ4v) is 5.05. The molecule has 0 radical (unpaired) electrons. The van der Waals surface area contributed by atoms with Crippen LogP contribution >= 0.6 is 0 Å². The van der Waals surface area contributed by atoms with Gasteiger partial charge in [0.1, 0.15) is 5.82 Å². The van der Waals surface area contributed by atoms with Crippen LogP contribution in [0.3, 0.4) is 0 Å². The van der Waals surface area contributed by atoms with Crippen LogP contribution < -0.4 is 10.6 Å². The Hall–Kier alpha value is -4.08. The number of rotatable bonds is 4. The van der Waals surface area contributed by atoms with Crippen molar-refractivity contribution in [3.8, 4) is 17.5 Å². The first-order chi connectivity index (χ1) is 18.8. The number of aromatic nitrogens is 2. The number of likely N-dealkylation sites (tertiary alicyclic amines) is 1. The van der Waals surface area contributed by atoms with E-state index in [2.05, 4.69) is 84.4 Å². The Balaban J connectivity index is 1.35. The topological polar surface area (TPSA) is 62.2 Å². The first-order valence-electron chi connectivity index (χ1n) is 13.8. The van der Waals surface area contributed by atoms with Gasteiger partial charge < -0.3 is 5.32 Å². The molecule has 0 spiro atoms. The predicted octanol–water partition coefficient (Wildman–Crippen LogP) is 7.11. The van der Waals surface area contributed by atoms with E-state index in [1.165, 1.54) is 24.8 Å². The fraction of sp³-hybridized carbons (Fsp3) is 0.333.